The first-order chi connectivity index (χ1) is 5.83. The number of aromatic amines is 1. The number of rotatable bonds is 1. The summed E-state index contributed by atoms with van der Waals surface area (Å²) >= 11 is 0. The maximum Gasteiger partial charge on any atom is 0.260 e. The molecule has 0 spiro atoms. The maximum atomic E-state index is 11.2. The topological polar surface area (TPSA) is 89.1 Å². The van der Waals surface area contributed by atoms with Gasteiger partial charge in [0.2, 0.25) is 5.78 Å². The van der Waals surface area contributed by atoms with Crippen LogP contribution < -0.4 is 11.3 Å². The average molecular weight is 165 g/mol. The third kappa shape index (κ3) is 0.817. The molecule has 0 bridgehead atoms. The molecule has 12 heavy (non-hydrogen) atoms. The summed E-state index contributed by atoms with van der Waals surface area (Å²) in [5.41, 5.74) is 5.19. The van der Waals surface area contributed by atoms with E-state index in [1.807, 2.05) is 0 Å². The molecule has 0 fully saturated rings. The second kappa shape index (κ2) is 2.42. The lowest BCUT2D eigenvalue weighted by atomic mass is 10.6. The van der Waals surface area contributed by atoms with Gasteiger partial charge in [0, 0.05) is 12.3 Å². The lowest BCUT2D eigenvalue weighted by Crippen LogP contribution is -2.16. The van der Waals surface area contributed by atoms with Gasteiger partial charge in [0.25, 0.3) is 5.56 Å². The molecule has 3 N–H and O–H groups in total. The van der Waals surface area contributed by atoms with Crippen LogP contribution in [0.3, 0.4) is 0 Å². The van der Waals surface area contributed by atoms with Crippen LogP contribution in [0.2, 0.25) is 0 Å². The first-order valence-electron chi connectivity index (χ1n) is 3.44. The highest BCUT2D eigenvalue weighted by Crippen LogP contribution is 1.93. The van der Waals surface area contributed by atoms with E-state index in [2.05, 4.69) is 15.2 Å². The lowest BCUT2D eigenvalue weighted by Gasteiger charge is -1.91. The number of hydrogen-bond acceptors (Lipinski definition) is 4. The Hall–Kier alpha value is -1.69. The van der Waals surface area contributed by atoms with E-state index in [0.717, 1.165) is 0 Å². The highest BCUT2D eigenvalue weighted by molar-refractivity contribution is 5.25. The number of aromatic nitrogens is 4. The Morgan fingerprint density at radius 3 is 3.25 bits per heavy atom. The van der Waals surface area contributed by atoms with E-state index in [9.17, 15) is 4.79 Å². The molecule has 0 aromatic carbocycles. The molecule has 0 radical (unpaired) electrons. The molecule has 0 amide bonds. The Labute approximate surface area is 67.0 Å². The fraction of sp³-hybridized carbons (Fsp3) is 0.167. The molecule has 0 saturated heterocycles. The number of nitrogens with two attached hydrogens (primary N) is 1. The lowest BCUT2D eigenvalue weighted by molar-refractivity contribution is 0.866. The molecule has 62 valence electrons. The Kier molecular flexibility index (Phi) is 1.41. The standard InChI is InChI=1S/C6H7N5O/c7-3-4-9-10-6-8-2-1-5(12)11(4)6/h1-2H,3,7H2,(H,8,10). The van der Waals surface area contributed by atoms with Crippen molar-refractivity contribution in [1.29, 1.82) is 0 Å². The monoisotopic (exact) mass is 165 g/mol. The van der Waals surface area contributed by atoms with Gasteiger partial charge >= 0.3 is 0 Å². The van der Waals surface area contributed by atoms with Gasteiger partial charge in [0.15, 0.2) is 5.82 Å². The summed E-state index contributed by atoms with van der Waals surface area (Å²) < 4.78 is 1.35. The third-order valence-corrected chi connectivity index (χ3v) is 1.57. The summed E-state index contributed by atoms with van der Waals surface area (Å²) in [5, 5.41) is 6.43. The van der Waals surface area contributed by atoms with Gasteiger partial charge in [0.05, 0.1) is 6.54 Å². The smallest absolute Gasteiger partial charge is 0.260 e. The zero-order valence-electron chi connectivity index (χ0n) is 6.19. The predicted octanol–water partition coefficient (Wildman–Crippen LogP) is -1.12. The van der Waals surface area contributed by atoms with Gasteiger partial charge in [-0.25, -0.2) is 14.5 Å². The predicted molar refractivity (Wildman–Crippen MR) is 41.5 cm³/mol. The average Bonchev–Trinajstić information content (AvgIpc) is 2.49. The van der Waals surface area contributed by atoms with Gasteiger partial charge in [-0.2, -0.15) is 5.10 Å². The molecule has 0 saturated carbocycles. The van der Waals surface area contributed by atoms with Crippen LogP contribution in [0.25, 0.3) is 5.78 Å². The van der Waals surface area contributed by atoms with Gasteiger partial charge in [-0.15, -0.1) is 0 Å². The number of nitrogens with one attached hydrogen (secondary N) is 1. The minimum Gasteiger partial charge on any atom is -0.324 e. The van der Waals surface area contributed by atoms with Crippen molar-refractivity contribution in [2.45, 2.75) is 6.54 Å². The maximum absolute atomic E-state index is 11.2. The van der Waals surface area contributed by atoms with Crippen molar-refractivity contribution < 1.29 is 0 Å². The van der Waals surface area contributed by atoms with Gasteiger partial charge in [-0.05, 0) is 0 Å². The van der Waals surface area contributed by atoms with E-state index >= 15 is 0 Å². The molecule has 2 rings (SSSR count). The molecule has 2 aromatic rings. The Balaban J connectivity index is 2.92. The van der Waals surface area contributed by atoms with Crippen LogP contribution in [0.4, 0.5) is 0 Å². The molecule has 0 aliphatic heterocycles. The first kappa shape index (κ1) is 6.99. The SMILES string of the molecule is NCc1n[nH]c2nccc(=O)n12. The van der Waals surface area contributed by atoms with E-state index in [1.165, 1.54) is 16.7 Å². The fourth-order valence-electron chi connectivity index (χ4n) is 1.04. The van der Waals surface area contributed by atoms with E-state index in [4.69, 9.17) is 5.73 Å². The second-order valence-electron chi connectivity index (χ2n) is 2.29. The van der Waals surface area contributed by atoms with Gasteiger partial charge < -0.3 is 5.73 Å². The minimum atomic E-state index is -0.172. The molecule has 0 unspecified atom stereocenters. The van der Waals surface area contributed by atoms with Crippen molar-refractivity contribution in [3.63, 3.8) is 0 Å². The van der Waals surface area contributed by atoms with E-state index in [-0.39, 0.29) is 12.1 Å². The number of fused-ring (bicyclic) bond motifs is 1. The van der Waals surface area contributed by atoms with Crippen LogP contribution in [-0.4, -0.2) is 19.6 Å². The van der Waals surface area contributed by atoms with Crippen LogP contribution in [-0.2, 0) is 6.54 Å². The molecule has 2 heterocycles. The van der Waals surface area contributed by atoms with E-state index in [0.29, 0.717) is 11.6 Å². The zero-order chi connectivity index (χ0) is 8.55. The van der Waals surface area contributed by atoms with Crippen LogP contribution in [0.5, 0.6) is 0 Å². The summed E-state index contributed by atoms with van der Waals surface area (Å²) in [6.07, 6.45) is 1.43. The van der Waals surface area contributed by atoms with Crippen molar-refractivity contribution >= 4 is 5.78 Å². The highest BCUT2D eigenvalue weighted by atomic mass is 16.1. The van der Waals surface area contributed by atoms with Crippen LogP contribution in [0, 0.1) is 0 Å². The number of hydrogen-bond donors (Lipinski definition) is 2. The number of nitrogens with zero attached hydrogens (tertiary/aromatic N) is 3. The number of H-pyrrole nitrogens is 1. The van der Waals surface area contributed by atoms with Crippen molar-refractivity contribution in [3.05, 3.63) is 28.4 Å². The molecule has 2 aromatic heterocycles. The van der Waals surface area contributed by atoms with Crippen molar-refractivity contribution in [2.24, 2.45) is 5.73 Å². The molecule has 6 nitrogen and oxygen atoms in total. The molecular formula is C6H7N5O. The van der Waals surface area contributed by atoms with Crippen LogP contribution in [0.1, 0.15) is 5.82 Å². The van der Waals surface area contributed by atoms with Crippen LogP contribution >= 0.6 is 0 Å². The molecule has 0 atom stereocenters. The van der Waals surface area contributed by atoms with Crippen molar-refractivity contribution in [1.82, 2.24) is 19.6 Å². The summed E-state index contributed by atoms with van der Waals surface area (Å²) in [4.78, 5) is 15.1. The summed E-state index contributed by atoms with van der Waals surface area (Å²) in [6.45, 7) is 0.214. The molecule has 0 aliphatic rings. The van der Waals surface area contributed by atoms with Crippen molar-refractivity contribution in [2.75, 3.05) is 0 Å². The molecule has 6 heteroatoms. The van der Waals surface area contributed by atoms with E-state index in [1.54, 1.807) is 0 Å². The van der Waals surface area contributed by atoms with Gasteiger partial charge in [-0.3, -0.25) is 4.79 Å². The quantitative estimate of drug-likeness (QED) is 0.560. The summed E-state index contributed by atoms with van der Waals surface area (Å²) in [7, 11) is 0. The van der Waals surface area contributed by atoms with Gasteiger partial charge in [-0.1, -0.05) is 0 Å². The minimum absolute atomic E-state index is 0.172. The fourth-order valence-corrected chi connectivity index (χ4v) is 1.04. The normalized spacial score (nSPS) is 10.8. The largest absolute Gasteiger partial charge is 0.324 e. The summed E-state index contributed by atoms with van der Waals surface area (Å²) in [5.74, 6) is 0.908. The highest BCUT2D eigenvalue weighted by Gasteiger charge is 2.03. The van der Waals surface area contributed by atoms with Gasteiger partial charge in [0.1, 0.15) is 0 Å². The summed E-state index contributed by atoms with van der Waals surface area (Å²) in [6, 6.07) is 1.36. The Morgan fingerprint density at radius 1 is 1.67 bits per heavy atom. The third-order valence-electron chi connectivity index (χ3n) is 1.57. The second-order valence-corrected chi connectivity index (χ2v) is 2.29. The zero-order valence-corrected chi connectivity index (χ0v) is 6.19. The van der Waals surface area contributed by atoms with E-state index < -0.39 is 0 Å². The Morgan fingerprint density at radius 2 is 2.50 bits per heavy atom. The van der Waals surface area contributed by atoms with Crippen LogP contribution in [0.15, 0.2) is 17.1 Å². The first-order valence-corrected chi connectivity index (χ1v) is 3.44. The van der Waals surface area contributed by atoms with Crippen molar-refractivity contribution in [3.8, 4) is 0 Å². The molecule has 0 aliphatic carbocycles. The molecular weight excluding hydrogens is 158 g/mol. The Bertz CT molecular complexity index is 456.